The first kappa shape index (κ1) is 19.6. The molecule has 0 bridgehead atoms. The number of anilines is 1. The van der Waals surface area contributed by atoms with Crippen molar-refractivity contribution in [3.05, 3.63) is 38.7 Å². The molecule has 2 aromatic rings. The van der Waals surface area contributed by atoms with Crippen molar-refractivity contribution >= 4 is 34.7 Å². The van der Waals surface area contributed by atoms with Crippen LogP contribution in [-0.2, 0) is 12.8 Å². The highest BCUT2D eigenvalue weighted by Crippen LogP contribution is 2.40. The molecule has 0 aromatic carbocycles. The van der Waals surface area contributed by atoms with Crippen LogP contribution in [0.15, 0.2) is 18.2 Å². The molecule has 0 spiro atoms. The summed E-state index contributed by atoms with van der Waals surface area (Å²) in [7, 11) is 0. The molecule has 4 rings (SSSR count). The Hall–Kier alpha value is -1.66. The number of halogens is 1. The summed E-state index contributed by atoms with van der Waals surface area (Å²) in [6, 6.07) is 5.80. The Morgan fingerprint density at radius 3 is 2.57 bits per heavy atom. The number of nitrogens with zero attached hydrogens (tertiary/aromatic N) is 4. The lowest BCUT2D eigenvalue weighted by atomic mass is 9.72. The van der Waals surface area contributed by atoms with Gasteiger partial charge in [-0.1, -0.05) is 32.4 Å². The maximum absolute atomic E-state index is 13.1. The number of thiophene rings is 1. The van der Waals surface area contributed by atoms with Crippen LogP contribution in [0.3, 0.4) is 0 Å². The monoisotopic (exact) mass is 418 g/mol. The first-order valence-corrected chi connectivity index (χ1v) is 11.2. The van der Waals surface area contributed by atoms with E-state index in [0.717, 1.165) is 36.6 Å². The predicted octanol–water partition coefficient (Wildman–Crippen LogP) is 4.30. The summed E-state index contributed by atoms with van der Waals surface area (Å²) in [6.07, 6.45) is 3.44. The zero-order chi connectivity index (χ0) is 19.9. The van der Waals surface area contributed by atoms with Crippen LogP contribution in [0.5, 0.6) is 0 Å². The summed E-state index contributed by atoms with van der Waals surface area (Å²) >= 11 is 7.52. The van der Waals surface area contributed by atoms with Gasteiger partial charge < -0.3 is 9.80 Å². The number of fused-ring (bicyclic) bond motifs is 1. The molecule has 150 valence electrons. The van der Waals surface area contributed by atoms with Gasteiger partial charge in [-0.15, -0.1) is 21.5 Å². The van der Waals surface area contributed by atoms with Gasteiger partial charge in [-0.3, -0.25) is 4.79 Å². The normalized spacial score (nSPS) is 20.2. The second-order valence-corrected chi connectivity index (χ2v) is 10.4. The fourth-order valence-electron chi connectivity index (χ4n) is 4.14. The number of carbonyl (C=O) groups is 1. The van der Waals surface area contributed by atoms with E-state index in [1.165, 1.54) is 16.9 Å². The third-order valence-electron chi connectivity index (χ3n) is 6.03. The first-order valence-electron chi connectivity index (χ1n) is 9.96. The first-order chi connectivity index (χ1) is 13.3. The molecule has 3 heterocycles. The number of hydrogen-bond donors (Lipinski definition) is 0. The van der Waals surface area contributed by atoms with Gasteiger partial charge in [0.15, 0.2) is 11.0 Å². The van der Waals surface area contributed by atoms with Crippen LogP contribution in [0.4, 0.5) is 5.82 Å². The van der Waals surface area contributed by atoms with Crippen molar-refractivity contribution < 1.29 is 4.79 Å². The second-order valence-electron chi connectivity index (χ2n) is 8.86. The van der Waals surface area contributed by atoms with Crippen molar-refractivity contribution in [3.63, 3.8) is 0 Å². The van der Waals surface area contributed by atoms with Crippen molar-refractivity contribution in [3.8, 4) is 0 Å². The average molecular weight is 419 g/mol. The summed E-state index contributed by atoms with van der Waals surface area (Å²) in [5, 5.41) is 8.45. The van der Waals surface area contributed by atoms with Crippen LogP contribution >= 0.6 is 22.9 Å². The Bertz CT molecular complexity index is 850. The third kappa shape index (κ3) is 4.03. The minimum atomic E-state index is 0.175. The van der Waals surface area contributed by atoms with Crippen molar-refractivity contribution in [2.45, 2.75) is 40.0 Å². The van der Waals surface area contributed by atoms with E-state index < -0.39 is 0 Å². The van der Waals surface area contributed by atoms with E-state index in [9.17, 15) is 4.79 Å². The number of aryl methyl sites for hydroxylation is 1. The molecule has 2 aromatic heterocycles. The smallest absolute Gasteiger partial charge is 0.264 e. The van der Waals surface area contributed by atoms with Crippen molar-refractivity contribution in [1.82, 2.24) is 15.1 Å². The lowest BCUT2D eigenvalue weighted by Gasteiger charge is -2.34. The molecule has 1 amide bonds. The summed E-state index contributed by atoms with van der Waals surface area (Å²) in [5.41, 5.74) is 1.72. The van der Waals surface area contributed by atoms with E-state index in [0.29, 0.717) is 29.6 Å². The highest BCUT2D eigenvalue weighted by molar-refractivity contribution is 7.14. The minimum Gasteiger partial charge on any atom is -0.352 e. The minimum absolute atomic E-state index is 0.175. The van der Waals surface area contributed by atoms with Gasteiger partial charge in [0.2, 0.25) is 0 Å². The molecule has 1 aliphatic carbocycles. The van der Waals surface area contributed by atoms with Gasteiger partial charge in [-0.25, -0.2) is 0 Å². The molecule has 0 N–H and O–H groups in total. The summed E-state index contributed by atoms with van der Waals surface area (Å²) in [4.78, 5) is 19.5. The topological polar surface area (TPSA) is 49.3 Å². The van der Waals surface area contributed by atoms with Crippen molar-refractivity contribution in [2.75, 3.05) is 31.1 Å². The third-order valence-corrected chi connectivity index (χ3v) is 7.45. The zero-order valence-corrected chi connectivity index (χ0v) is 18.3. The van der Waals surface area contributed by atoms with Gasteiger partial charge >= 0.3 is 0 Å². The van der Waals surface area contributed by atoms with Gasteiger partial charge in [0.1, 0.15) is 0 Å². The molecule has 1 atom stereocenters. The van der Waals surface area contributed by atoms with E-state index in [2.05, 4.69) is 41.9 Å². The quantitative estimate of drug-likeness (QED) is 0.729. The Labute approximate surface area is 175 Å². The molecule has 28 heavy (non-hydrogen) atoms. The van der Waals surface area contributed by atoms with Gasteiger partial charge in [0, 0.05) is 31.1 Å². The maximum Gasteiger partial charge on any atom is 0.264 e. The maximum atomic E-state index is 13.1. The number of rotatable bonds is 2. The molecular formula is C21H27ClN4OS. The lowest BCUT2D eigenvalue weighted by molar-refractivity contribution is 0.0751. The fourth-order valence-corrected chi connectivity index (χ4v) is 5.42. The molecular weight excluding hydrogens is 392 g/mol. The van der Waals surface area contributed by atoms with E-state index >= 15 is 0 Å². The van der Waals surface area contributed by atoms with E-state index in [4.69, 9.17) is 11.6 Å². The standard InChI is InChI=1S/C21H27ClN4OS/c1-21(2,3)15-4-5-16-14(12-15)13-17(28-16)20(27)26-10-8-25(9-11-26)19-7-6-18(22)23-24-19/h6-7,13,15H,4-5,8-12H2,1-3H3/t15-/m0/s1. The molecule has 1 fully saturated rings. The Morgan fingerprint density at radius 1 is 1.18 bits per heavy atom. The van der Waals surface area contributed by atoms with Crippen molar-refractivity contribution in [2.24, 2.45) is 11.3 Å². The number of carbonyl (C=O) groups excluding carboxylic acids is 1. The average Bonchev–Trinajstić information content (AvgIpc) is 3.11. The van der Waals surface area contributed by atoms with Crippen LogP contribution in [-0.4, -0.2) is 47.2 Å². The fraction of sp³-hybridized carbons (Fsp3) is 0.571. The molecule has 1 saturated heterocycles. The van der Waals surface area contributed by atoms with E-state index in [1.807, 2.05) is 11.0 Å². The Morgan fingerprint density at radius 2 is 1.93 bits per heavy atom. The molecule has 0 unspecified atom stereocenters. The van der Waals surface area contributed by atoms with Crippen LogP contribution < -0.4 is 4.90 Å². The largest absolute Gasteiger partial charge is 0.352 e. The molecule has 2 aliphatic rings. The molecule has 0 radical (unpaired) electrons. The molecule has 1 aliphatic heterocycles. The summed E-state index contributed by atoms with van der Waals surface area (Å²) < 4.78 is 0. The van der Waals surface area contributed by atoms with Crippen LogP contribution in [0, 0.1) is 11.3 Å². The predicted molar refractivity (Wildman–Crippen MR) is 114 cm³/mol. The van der Waals surface area contributed by atoms with Gasteiger partial charge in [0.25, 0.3) is 5.91 Å². The van der Waals surface area contributed by atoms with Gasteiger partial charge in [-0.2, -0.15) is 0 Å². The number of hydrogen-bond acceptors (Lipinski definition) is 5. The Kier molecular flexibility index (Phi) is 5.36. The second kappa shape index (κ2) is 7.64. The Balaban J connectivity index is 1.40. The lowest BCUT2D eigenvalue weighted by Crippen LogP contribution is -2.49. The zero-order valence-electron chi connectivity index (χ0n) is 16.7. The van der Waals surface area contributed by atoms with E-state index in [-0.39, 0.29) is 5.91 Å². The number of amides is 1. The highest BCUT2D eigenvalue weighted by Gasteiger charge is 2.31. The number of aromatic nitrogens is 2. The van der Waals surface area contributed by atoms with Crippen LogP contribution in [0.25, 0.3) is 0 Å². The van der Waals surface area contributed by atoms with Crippen molar-refractivity contribution in [1.29, 1.82) is 0 Å². The van der Waals surface area contributed by atoms with Gasteiger partial charge in [-0.05, 0) is 54.4 Å². The summed E-state index contributed by atoms with van der Waals surface area (Å²) in [5.74, 6) is 1.69. The van der Waals surface area contributed by atoms with Crippen LogP contribution in [0.1, 0.15) is 47.3 Å². The van der Waals surface area contributed by atoms with E-state index in [1.54, 1.807) is 17.4 Å². The highest BCUT2D eigenvalue weighted by atomic mass is 35.5. The van der Waals surface area contributed by atoms with Crippen LogP contribution in [0.2, 0.25) is 5.15 Å². The molecule has 5 nitrogen and oxygen atoms in total. The number of piperazine rings is 1. The molecule has 7 heteroatoms. The SMILES string of the molecule is CC(C)(C)[C@H]1CCc2sc(C(=O)N3CCN(c4ccc(Cl)nn4)CC3)cc2C1. The summed E-state index contributed by atoms with van der Waals surface area (Å²) in [6.45, 7) is 9.91. The van der Waals surface area contributed by atoms with Gasteiger partial charge in [0.05, 0.1) is 4.88 Å². The molecule has 0 saturated carbocycles.